The van der Waals surface area contributed by atoms with E-state index in [4.69, 9.17) is 4.74 Å². The highest BCUT2D eigenvalue weighted by Crippen LogP contribution is 2.03. The minimum absolute atomic E-state index is 0.266. The first kappa shape index (κ1) is 10.3. The van der Waals surface area contributed by atoms with E-state index in [1.807, 2.05) is 32.9 Å². The van der Waals surface area contributed by atoms with Gasteiger partial charge >= 0.3 is 0 Å². The van der Waals surface area contributed by atoms with Crippen LogP contribution in [0.15, 0.2) is 24.0 Å². The molecule has 11 heavy (non-hydrogen) atoms. The van der Waals surface area contributed by atoms with Gasteiger partial charge in [0.1, 0.15) is 5.76 Å². The van der Waals surface area contributed by atoms with Crippen LogP contribution in [0.25, 0.3) is 0 Å². The van der Waals surface area contributed by atoms with E-state index in [-0.39, 0.29) is 6.10 Å². The van der Waals surface area contributed by atoms with E-state index in [0.29, 0.717) is 0 Å². The summed E-state index contributed by atoms with van der Waals surface area (Å²) >= 11 is 0. The summed E-state index contributed by atoms with van der Waals surface area (Å²) in [6.07, 6.45) is 7.41. The van der Waals surface area contributed by atoms with Crippen LogP contribution in [-0.2, 0) is 4.74 Å². The molecule has 0 heterocycles. The van der Waals surface area contributed by atoms with Crippen molar-refractivity contribution >= 4 is 0 Å². The lowest BCUT2D eigenvalue weighted by atomic mass is 10.3. The molecular weight excluding hydrogens is 136 g/mol. The molecule has 0 fully saturated rings. The zero-order valence-corrected chi connectivity index (χ0v) is 7.92. The Balaban J connectivity index is 3.88. The highest BCUT2D eigenvalue weighted by atomic mass is 16.5. The van der Waals surface area contributed by atoms with E-state index in [1.54, 1.807) is 0 Å². The zero-order chi connectivity index (χ0) is 8.69. The number of rotatable bonds is 4. The topological polar surface area (TPSA) is 9.23 Å². The van der Waals surface area contributed by atoms with Crippen LogP contribution in [0.5, 0.6) is 0 Å². The van der Waals surface area contributed by atoms with Crippen molar-refractivity contribution in [3.63, 3.8) is 0 Å². The van der Waals surface area contributed by atoms with Crippen LogP contribution in [0.2, 0.25) is 0 Å². The largest absolute Gasteiger partial charge is 0.491 e. The first-order valence-corrected chi connectivity index (χ1v) is 4.20. The predicted octanol–water partition coefficient (Wildman–Crippen LogP) is 3.28. The zero-order valence-electron chi connectivity index (χ0n) is 7.92. The Kier molecular flexibility index (Phi) is 5.63. The Morgan fingerprint density at radius 3 is 2.45 bits per heavy atom. The molecule has 0 unspecified atom stereocenters. The van der Waals surface area contributed by atoms with Crippen LogP contribution < -0.4 is 0 Å². The summed E-state index contributed by atoms with van der Waals surface area (Å²) in [5, 5.41) is 0. The summed E-state index contributed by atoms with van der Waals surface area (Å²) in [5.41, 5.74) is 0. The predicted molar refractivity (Wildman–Crippen MR) is 49.4 cm³/mol. The smallest absolute Gasteiger partial charge is 0.115 e. The molecule has 0 aromatic rings. The second-order valence-electron chi connectivity index (χ2n) is 2.67. The summed E-state index contributed by atoms with van der Waals surface area (Å²) in [5.74, 6) is 0.960. The van der Waals surface area contributed by atoms with Gasteiger partial charge in [0, 0.05) is 0 Å². The SMILES string of the molecule is C/C=C(\C=C/CC)OC(C)C. The van der Waals surface area contributed by atoms with Crippen molar-refractivity contribution in [3.8, 4) is 0 Å². The molecule has 0 aliphatic rings. The molecule has 64 valence electrons. The average molecular weight is 154 g/mol. The fraction of sp³-hybridized carbons (Fsp3) is 0.600. The van der Waals surface area contributed by atoms with Gasteiger partial charge in [-0.1, -0.05) is 13.0 Å². The highest BCUT2D eigenvalue weighted by Gasteiger charge is 1.93. The number of hydrogen-bond acceptors (Lipinski definition) is 1. The third kappa shape index (κ3) is 5.71. The molecule has 0 aromatic carbocycles. The minimum atomic E-state index is 0.266. The quantitative estimate of drug-likeness (QED) is 0.446. The first-order chi connectivity index (χ1) is 5.20. The molecule has 0 saturated heterocycles. The lowest BCUT2D eigenvalue weighted by Gasteiger charge is -2.09. The third-order valence-electron chi connectivity index (χ3n) is 1.17. The standard InChI is InChI=1S/C10H18O/c1-5-7-8-10(6-2)11-9(3)4/h6-9H,5H2,1-4H3/b8-7-,10-6+. The normalized spacial score (nSPS) is 13.0. The van der Waals surface area contributed by atoms with Gasteiger partial charge < -0.3 is 4.74 Å². The lowest BCUT2D eigenvalue weighted by molar-refractivity contribution is 0.157. The van der Waals surface area contributed by atoms with E-state index in [2.05, 4.69) is 13.0 Å². The van der Waals surface area contributed by atoms with E-state index in [0.717, 1.165) is 12.2 Å². The van der Waals surface area contributed by atoms with Crippen molar-refractivity contribution in [2.75, 3.05) is 0 Å². The second kappa shape index (κ2) is 6.02. The Morgan fingerprint density at radius 1 is 1.45 bits per heavy atom. The maximum absolute atomic E-state index is 5.48. The summed E-state index contributed by atoms with van der Waals surface area (Å²) in [7, 11) is 0. The van der Waals surface area contributed by atoms with Crippen LogP contribution in [0.4, 0.5) is 0 Å². The minimum Gasteiger partial charge on any atom is -0.491 e. The molecule has 0 aromatic heterocycles. The van der Waals surface area contributed by atoms with E-state index >= 15 is 0 Å². The fourth-order valence-electron chi connectivity index (χ4n) is 0.710. The summed E-state index contributed by atoms with van der Waals surface area (Å²) in [4.78, 5) is 0. The summed E-state index contributed by atoms with van der Waals surface area (Å²) in [6, 6.07) is 0. The monoisotopic (exact) mass is 154 g/mol. The molecule has 0 spiro atoms. The molecule has 0 atom stereocenters. The molecule has 0 amide bonds. The molecule has 0 N–H and O–H groups in total. The van der Waals surface area contributed by atoms with Crippen LogP contribution >= 0.6 is 0 Å². The van der Waals surface area contributed by atoms with Gasteiger partial charge in [-0.2, -0.15) is 0 Å². The van der Waals surface area contributed by atoms with E-state index in [1.165, 1.54) is 0 Å². The van der Waals surface area contributed by atoms with Gasteiger partial charge in [-0.25, -0.2) is 0 Å². The maximum atomic E-state index is 5.48. The maximum Gasteiger partial charge on any atom is 0.115 e. The number of ether oxygens (including phenoxy) is 1. The summed E-state index contributed by atoms with van der Waals surface area (Å²) < 4.78 is 5.48. The Bertz CT molecular complexity index is 143. The molecule has 0 aliphatic carbocycles. The van der Waals surface area contributed by atoms with Gasteiger partial charge in [0.05, 0.1) is 6.10 Å². The van der Waals surface area contributed by atoms with Gasteiger partial charge in [-0.05, 0) is 39.3 Å². The summed E-state index contributed by atoms with van der Waals surface area (Å²) in [6.45, 7) is 8.16. The van der Waals surface area contributed by atoms with Crippen LogP contribution in [-0.4, -0.2) is 6.10 Å². The lowest BCUT2D eigenvalue weighted by Crippen LogP contribution is -2.00. The molecule has 0 saturated carbocycles. The van der Waals surface area contributed by atoms with Crippen molar-refractivity contribution < 1.29 is 4.74 Å². The average Bonchev–Trinajstić information content (AvgIpc) is 1.97. The molecular formula is C10H18O. The van der Waals surface area contributed by atoms with Gasteiger partial charge in [-0.3, -0.25) is 0 Å². The molecule has 1 heteroatoms. The van der Waals surface area contributed by atoms with Gasteiger partial charge in [0.2, 0.25) is 0 Å². The Morgan fingerprint density at radius 2 is 2.09 bits per heavy atom. The van der Waals surface area contributed by atoms with E-state index in [9.17, 15) is 0 Å². The van der Waals surface area contributed by atoms with Gasteiger partial charge in [0.15, 0.2) is 0 Å². The number of hydrogen-bond donors (Lipinski definition) is 0. The van der Waals surface area contributed by atoms with Gasteiger partial charge in [-0.15, -0.1) is 0 Å². The first-order valence-electron chi connectivity index (χ1n) is 4.20. The van der Waals surface area contributed by atoms with Crippen molar-refractivity contribution in [2.45, 2.75) is 40.2 Å². The van der Waals surface area contributed by atoms with E-state index < -0.39 is 0 Å². The fourth-order valence-corrected chi connectivity index (χ4v) is 0.710. The van der Waals surface area contributed by atoms with Gasteiger partial charge in [0.25, 0.3) is 0 Å². The number of allylic oxidation sites excluding steroid dienone is 3. The molecule has 1 nitrogen and oxygen atoms in total. The van der Waals surface area contributed by atoms with Crippen molar-refractivity contribution in [2.24, 2.45) is 0 Å². The molecule has 0 rings (SSSR count). The second-order valence-corrected chi connectivity index (χ2v) is 2.67. The van der Waals surface area contributed by atoms with Crippen LogP contribution in [0, 0.1) is 0 Å². The molecule has 0 aliphatic heterocycles. The van der Waals surface area contributed by atoms with Crippen molar-refractivity contribution in [1.82, 2.24) is 0 Å². The van der Waals surface area contributed by atoms with Crippen molar-refractivity contribution in [3.05, 3.63) is 24.0 Å². The van der Waals surface area contributed by atoms with Crippen LogP contribution in [0.1, 0.15) is 34.1 Å². The third-order valence-corrected chi connectivity index (χ3v) is 1.17. The Labute approximate surface area is 69.8 Å². The highest BCUT2D eigenvalue weighted by molar-refractivity contribution is 5.10. The Hall–Kier alpha value is -0.720. The molecule has 0 radical (unpaired) electrons. The van der Waals surface area contributed by atoms with Crippen LogP contribution in [0.3, 0.4) is 0 Å². The van der Waals surface area contributed by atoms with Crippen molar-refractivity contribution in [1.29, 1.82) is 0 Å². The molecule has 0 bridgehead atoms.